The Morgan fingerprint density at radius 3 is 2.07 bits per heavy atom. The van der Waals surface area contributed by atoms with E-state index in [0.717, 1.165) is 24.3 Å². The van der Waals surface area contributed by atoms with Crippen LogP contribution in [0.25, 0.3) is 0 Å². The van der Waals surface area contributed by atoms with Gasteiger partial charge in [0.25, 0.3) is 0 Å². The van der Waals surface area contributed by atoms with Crippen molar-refractivity contribution in [2.75, 3.05) is 33.2 Å². The smallest absolute Gasteiger partial charge is 0.00194 e. The maximum absolute atomic E-state index is 3.28. The van der Waals surface area contributed by atoms with E-state index in [1.54, 1.807) is 0 Å². The molecule has 0 bridgehead atoms. The van der Waals surface area contributed by atoms with E-state index in [4.69, 9.17) is 0 Å². The normalized spacial score (nSPS) is 23.4. The van der Waals surface area contributed by atoms with E-state index in [-0.39, 0.29) is 0 Å². The summed E-state index contributed by atoms with van der Waals surface area (Å²) in [5.74, 6) is 2.89. The van der Waals surface area contributed by atoms with Crippen LogP contribution in [0.2, 0.25) is 0 Å². The number of nitrogens with zero attached hydrogens (tertiary/aromatic N) is 1. The third kappa shape index (κ3) is 4.52. The van der Waals surface area contributed by atoms with E-state index in [1.165, 1.54) is 45.3 Å². The Morgan fingerprint density at radius 2 is 1.67 bits per heavy atom. The number of hydrogen-bond acceptors (Lipinski definition) is 2. The second-order valence-electron chi connectivity index (χ2n) is 5.77. The van der Waals surface area contributed by atoms with Gasteiger partial charge in [0, 0.05) is 19.6 Å². The van der Waals surface area contributed by atoms with Gasteiger partial charge in [-0.25, -0.2) is 0 Å². The van der Waals surface area contributed by atoms with Crippen molar-refractivity contribution >= 4 is 0 Å². The molecule has 0 aromatic carbocycles. The van der Waals surface area contributed by atoms with Crippen LogP contribution in [0.15, 0.2) is 0 Å². The van der Waals surface area contributed by atoms with Gasteiger partial charge in [-0.3, -0.25) is 0 Å². The Hall–Kier alpha value is -0.0800. The molecule has 0 aromatic rings. The molecule has 1 unspecified atom stereocenters. The lowest BCUT2D eigenvalue weighted by atomic mass is 10.1. The van der Waals surface area contributed by atoms with E-state index in [9.17, 15) is 0 Å². The molecule has 2 nitrogen and oxygen atoms in total. The Kier molecular flexibility index (Phi) is 4.04. The first kappa shape index (κ1) is 11.4. The predicted octanol–water partition coefficient (Wildman–Crippen LogP) is 1.96. The zero-order chi connectivity index (χ0) is 10.7. The van der Waals surface area contributed by atoms with Crippen molar-refractivity contribution in [3.05, 3.63) is 0 Å². The summed E-state index contributed by atoms with van der Waals surface area (Å²) in [6, 6.07) is 0. The lowest BCUT2D eigenvalue weighted by molar-refractivity contribution is 0.219. The molecular weight excluding hydrogens is 184 g/mol. The molecule has 0 amide bonds. The fraction of sp³-hybridized carbons (Fsp3) is 1.00. The van der Waals surface area contributed by atoms with Crippen LogP contribution in [0, 0.1) is 17.8 Å². The van der Waals surface area contributed by atoms with Gasteiger partial charge in [-0.1, -0.05) is 6.92 Å². The molecule has 2 saturated carbocycles. The Balaban J connectivity index is 1.69. The molecule has 0 saturated heterocycles. The van der Waals surface area contributed by atoms with Crippen molar-refractivity contribution in [3.8, 4) is 0 Å². The fourth-order valence-electron chi connectivity index (χ4n) is 2.41. The minimum absolute atomic E-state index is 0.799. The van der Waals surface area contributed by atoms with Crippen LogP contribution in [0.3, 0.4) is 0 Å². The van der Waals surface area contributed by atoms with Gasteiger partial charge in [0.1, 0.15) is 0 Å². The van der Waals surface area contributed by atoms with Crippen molar-refractivity contribution in [2.24, 2.45) is 17.8 Å². The van der Waals surface area contributed by atoms with Gasteiger partial charge in [0.2, 0.25) is 0 Å². The topological polar surface area (TPSA) is 15.3 Å². The third-order valence-electron chi connectivity index (χ3n) is 3.55. The summed E-state index contributed by atoms with van der Waals surface area (Å²) in [6.07, 6.45) is 5.95. The summed E-state index contributed by atoms with van der Waals surface area (Å²) < 4.78 is 0. The van der Waals surface area contributed by atoms with Crippen molar-refractivity contribution in [3.63, 3.8) is 0 Å². The van der Waals surface area contributed by atoms with Gasteiger partial charge in [0.15, 0.2) is 0 Å². The largest absolute Gasteiger partial charge is 0.319 e. The Morgan fingerprint density at radius 1 is 1.13 bits per heavy atom. The number of hydrogen-bond donors (Lipinski definition) is 1. The monoisotopic (exact) mass is 210 g/mol. The lowest BCUT2D eigenvalue weighted by Crippen LogP contribution is -2.35. The van der Waals surface area contributed by atoms with E-state index in [0.29, 0.717) is 0 Å². The minimum atomic E-state index is 0.799. The number of nitrogens with one attached hydrogen (secondary N) is 1. The van der Waals surface area contributed by atoms with Gasteiger partial charge in [-0.2, -0.15) is 0 Å². The maximum Gasteiger partial charge on any atom is 0.00194 e. The van der Waals surface area contributed by atoms with Gasteiger partial charge in [0.05, 0.1) is 0 Å². The molecule has 1 atom stereocenters. The predicted molar refractivity (Wildman–Crippen MR) is 65.0 cm³/mol. The van der Waals surface area contributed by atoms with Crippen LogP contribution in [0.5, 0.6) is 0 Å². The molecule has 2 heteroatoms. The van der Waals surface area contributed by atoms with E-state index >= 15 is 0 Å². The van der Waals surface area contributed by atoms with Crippen molar-refractivity contribution in [1.82, 2.24) is 10.2 Å². The highest BCUT2D eigenvalue weighted by Crippen LogP contribution is 2.33. The summed E-state index contributed by atoms with van der Waals surface area (Å²) in [6.45, 7) is 7.58. The van der Waals surface area contributed by atoms with Crippen molar-refractivity contribution in [1.29, 1.82) is 0 Å². The zero-order valence-corrected chi connectivity index (χ0v) is 10.3. The highest BCUT2D eigenvalue weighted by atomic mass is 15.1. The van der Waals surface area contributed by atoms with Crippen molar-refractivity contribution in [2.45, 2.75) is 32.6 Å². The number of rotatable bonds is 8. The fourth-order valence-corrected chi connectivity index (χ4v) is 2.41. The second-order valence-corrected chi connectivity index (χ2v) is 5.77. The first-order chi connectivity index (χ1) is 7.28. The molecule has 0 aliphatic heterocycles. The molecule has 2 aliphatic rings. The molecule has 0 heterocycles. The maximum atomic E-state index is 3.28. The Labute approximate surface area is 94.4 Å². The third-order valence-corrected chi connectivity index (χ3v) is 3.55. The van der Waals surface area contributed by atoms with Crippen LogP contribution in [-0.2, 0) is 0 Å². The van der Waals surface area contributed by atoms with Crippen LogP contribution in [-0.4, -0.2) is 38.1 Å². The Bertz CT molecular complexity index is 171. The summed E-state index contributed by atoms with van der Waals surface area (Å²) >= 11 is 0. The molecular formula is C13H26N2. The second kappa shape index (κ2) is 5.31. The van der Waals surface area contributed by atoms with Gasteiger partial charge < -0.3 is 10.2 Å². The van der Waals surface area contributed by atoms with Gasteiger partial charge in [-0.15, -0.1) is 0 Å². The lowest BCUT2D eigenvalue weighted by Gasteiger charge is -2.25. The minimum Gasteiger partial charge on any atom is -0.319 e. The van der Waals surface area contributed by atoms with Crippen LogP contribution in [0.1, 0.15) is 32.6 Å². The van der Waals surface area contributed by atoms with E-state index in [2.05, 4.69) is 24.2 Å². The zero-order valence-electron chi connectivity index (χ0n) is 10.3. The average molecular weight is 210 g/mol. The molecule has 2 rings (SSSR count). The first-order valence-corrected chi connectivity index (χ1v) is 6.65. The molecule has 15 heavy (non-hydrogen) atoms. The summed E-state index contributed by atoms with van der Waals surface area (Å²) in [5, 5.41) is 3.28. The standard InChI is InChI=1S/C13H26N2/c1-11(7-14-2)8-15(9-12-3-4-12)10-13-5-6-13/h11-14H,3-10H2,1-2H3. The SMILES string of the molecule is CNCC(C)CN(CC1CC1)CC1CC1. The summed E-state index contributed by atoms with van der Waals surface area (Å²) in [4.78, 5) is 2.73. The highest BCUT2D eigenvalue weighted by molar-refractivity contribution is 4.83. The van der Waals surface area contributed by atoms with Crippen LogP contribution in [0.4, 0.5) is 0 Å². The van der Waals surface area contributed by atoms with E-state index in [1.807, 2.05) is 0 Å². The molecule has 1 N–H and O–H groups in total. The summed E-state index contributed by atoms with van der Waals surface area (Å²) in [7, 11) is 2.06. The van der Waals surface area contributed by atoms with Crippen LogP contribution >= 0.6 is 0 Å². The first-order valence-electron chi connectivity index (χ1n) is 6.65. The van der Waals surface area contributed by atoms with Gasteiger partial charge in [-0.05, 0) is 57.0 Å². The van der Waals surface area contributed by atoms with E-state index < -0.39 is 0 Å². The molecule has 0 radical (unpaired) electrons. The van der Waals surface area contributed by atoms with Crippen LogP contribution < -0.4 is 5.32 Å². The molecule has 2 aliphatic carbocycles. The quantitative estimate of drug-likeness (QED) is 0.659. The molecule has 88 valence electrons. The summed E-state index contributed by atoms with van der Waals surface area (Å²) in [5.41, 5.74) is 0. The average Bonchev–Trinajstić information content (AvgIpc) is 2.99. The highest BCUT2D eigenvalue weighted by Gasteiger charge is 2.29. The molecule has 0 spiro atoms. The van der Waals surface area contributed by atoms with Gasteiger partial charge >= 0.3 is 0 Å². The molecule has 0 aromatic heterocycles. The van der Waals surface area contributed by atoms with Crippen molar-refractivity contribution < 1.29 is 0 Å². The molecule has 2 fully saturated rings.